The number of nitrogens with one attached hydrogen (secondary N) is 4. The highest BCUT2D eigenvalue weighted by atomic mass is 16.3. The fourth-order valence-electron chi connectivity index (χ4n) is 1.83. The molecular formula is C16H26N4O4. The summed E-state index contributed by atoms with van der Waals surface area (Å²) in [6, 6.07) is 7.00. The van der Waals surface area contributed by atoms with E-state index in [1.807, 2.05) is 24.3 Å². The van der Waals surface area contributed by atoms with Crippen molar-refractivity contribution in [1.82, 2.24) is 21.3 Å². The zero-order valence-corrected chi connectivity index (χ0v) is 13.7. The Kier molecular flexibility index (Phi) is 9.98. The molecule has 6 N–H and O–H groups in total. The molecule has 1 aromatic rings. The number of carbonyl (C=O) groups excluding carboxylic acids is 2. The van der Waals surface area contributed by atoms with Gasteiger partial charge < -0.3 is 31.5 Å². The first kappa shape index (κ1) is 19.7. The van der Waals surface area contributed by atoms with Gasteiger partial charge in [0.25, 0.3) is 0 Å². The number of hydrogen-bond acceptors (Lipinski definition) is 4. The van der Waals surface area contributed by atoms with Gasteiger partial charge in [0.2, 0.25) is 0 Å². The van der Waals surface area contributed by atoms with Gasteiger partial charge in [0.1, 0.15) is 0 Å². The topological polar surface area (TPSA) is 123 Å². The summed E-state index contributed by atoms with van der Waals surface area (Å²) in [7, 11) is 0. The molecule has 1 aromatic carbocycles. The van der Waals surface area contributed by atoms with Crippen LogP contribution in [0.3, 0.4) is 0 Å². The van der Waals surface area contributed by atoms with Crippen LogP contribution in [0.2, 0.25) is 0 Å². The standard InChI is InChI=1S/C16H26N4O4/c21-9-1-7-17-15(23)19-11-13-3-5-14(6-4-13)12-20-16(24)18-8-2-10-22/h3-6,21-22H,1-2,7-12H2,(H2,17,19,23)(H2,18,20,24). The van der Waals surface area contributed by atoms with Crippen LogP contribution in [-0.4, -0.2) is 48.6 Å². The summed E-state index contributed by atoms with van der Waals surface area (Å²) in [6.45, 7) is 1.78. The summed E-state index contributed by atoms with van der Waals surface area (Å²) in [4.78, 5) is 22.9. The molecule has 0 saturated heterocycles. The maximum atomic E-state index is 11.5. The molecule has 24 heavy (non-hydrogen) atoms. The second-order valence-electron chi connectivity index (χ2n) is 5.19. The van der Waals surface area contributed by atoms with Crippen molar-refractivity contribution in [3.63, 3.8) is 0 Å². The molecule has 0 aromatic heterocycles. The first-order chi connectivity index (χ1) is 11.7. The van der Waals surface area contributed by atoms with Crippen molar-refractivity contribution in [1.29, 1.82) is 0 Å². The van der Waals surface area contributed by atoms with Crippen LogP contribution in [0.25, 0.3) is 0 Å². The monoisotopic (exact) mass is 338 g/mol. The summed E-state index contributed by atoms with van der Waals surface area (Å²) in [5, 5.41) is 28.0. The summed E-state index contributed by atoms with van der Waals surface area (Å²) in [5.74, 6) is 0. The number of carbonyl (C=O) groups is 2. The molecule has 0 radical (unpaired) electrons. The number of rotatable bonds is 10. The van der Waals surface area contributed by atoms with Crippen LogP contribution in [0.5, 0.6) is 0 Å². The minimum atomic E-state index is -0.270. The first-order valence-electron chi connectivity index (χ1n) is 7.98. The van der Waals surface area contributed by atoms with Gasteiger partial charge in [0, 0.05) is 39.4 Å². The molecule has 0 fully saturated rings. The number of hydrogen-bond donors (Lipinski definition) is 6. The molecule has 0 aliphatic rings. The summed E-state index contributed by atoms with van der Waals surface area (Å²) >= 11 is 0. The van der Waals surface area contributed by atoms with E-state index in [1.54, 1.807) is 0 Å². The molecule has 0 unspecified atom stereocenters. The fourth-order valence-corrected chi connectivity index (χ4v) is 1.83. The Balaban J connectivity index is 2.25. The van der Waals surface area contributed by atoms with Crippen molar-refractivity contribution in [2.75, 3.05) is 26.3 Å². The van der Waals surface area contributed by atoms with Crippen LogP contribution in [0.15, 0.2) is 24.3 Å². The van der Waals surface area contributed by atoms with Crippen molar-refractivity contribution in [3.05, 3.63) is 35.4 Å². The lowest BCUT2D eigenvalue weighted by Gasteiger charge is -2.09. The van der Waals surface area contributed by atoms with Gasteiger partial charge in [-0.05, 0) is 24.0 Å². The van der Waals surface area contributed by atoms with E-state index in [1.165, 1.54) is 0 Å². The van der Waals surface area contributed by atoms with Crippen LogP contribution in [0.1, 0.15) is 24.0 Å². The highest BCUT2D eigenvalue weighted by Crippen LogP contribution is 2.04. The second-order valence-corrected chi connectivity index (χ2v) is 5.19. The lowest BCUT2D eigenvalue weighted by molar-refractivity contribution is 0.236. The maximum absolute atomic E-state index is 11.5. The minimum Gasteiger partial charge on any atom is -0.396 e. The van der Waals surface area contributed by atoms with Crippen LogP contribution < -0.4 is 21.3 Å². The Hall–Kier alpha value is -2.32. The molecule has 0 aliphatic heterocycles. The molecule has 0 bridgehead atoms. The average molecular weight is 338 g/mol. The van der Waals surface area contributed by atoms with Crippen molar-refractivity contribution >= 4 is 12.1 Å². The van der Waals surface area contributed by atoms with Gasteiger partial charge in [-0.2, -0.15) is 0 Å². The van der Waals surface area contributed by atoms with Crippen molar-refractivity contribution < 1.29 is 19.8 Å². The highest BCUT2D eigenvalue weighted by molar-refractivity contribution is 5.74. The van der Waals surface area contributed by atoms with Crippen LogP contribution in [-0.2, 0) is 13.1 Å². The van der Waals surface area contributed by atoms with Gasteiger partial charge in [-0.3, -0.25) is 0 Å². The highest BCUT2D eigenvalue weighted by Gasteiger charge is 2.02. The Morgan fingerprint density at radius 1 is 0.708 bits per heavy atom. The third-order valence-electron chi connectivity index (χ3n) is 3.17. The molecule has 0 spiro atoms. The first-order valence-corrected chi connectivity index (χ1v) is 7.98. The van der Waals surface area contributed by atoms with E-state index < -0.39 is 0 Å². The molecule has 134 valence electrons. The number of benzene rings is 1. The number of aliphatic hydroxyl groups is 2. The molecule has 1 rings (SSSR count). The van der Waals surface area contributed by atoms with E-state index >= 15 is 0 Å². The second kappa shape index (κ2) is 12.1. The Morgan fingerprint density at radius 2 is 1.08 bits per heavy atom. The van der Waals surface area contributed by atoms with Crippen LogP contribution in [0, 0.1) is 0 Å². The predicted octanol–water partition coefficient (Wildman–Crippen LogP) is 0.0498. The molecule has 8 heteroatoms. The van der Waals surface area contributed by atoms with E-state index in [0.29, 0.717) is 39.0 Å². The number of urea groups is 2. The molecule has 0 aliphatic carbocycles. The van der Waals surface area contributed by atoms with E-state index in [0.717, 1.165) is 11.1 Å². The van der Waals surface area contributed by atoms with E-state index in [-0.39, 0.29) is 25.3 Å². The predicted molar refractivity (Wildman–Crippen MR) is 90.3 cm³/mol. The summed E-state index contributed by atoms with van der Waals surface area (Å²) < 4.78 is 0. The molecular weight excluding hydrogens is 312 g/mol. The maximum Gasteiger partial charge on any atom is 0.315 e. The zero-order chi connectivity index (χ0) is 17.6. The zero-order valence-electron chi connectivity index (χ0n) is 13.7. The van der Waals surface area contributed by atoms with Crippen LogP contribution >= 0.6 is 0 Å². The fraction of sp³-hybridized carbons (Fsp3) is 0.500. The number of amides is 4. The lowest BCUT2D eigenvalue weighted by Crippen LogP contribution is -2.36. The molecule has 0 saturated carbocycles. The SMILES string of the molecule is O=C(NCCCO)NCc1ccc(CNC(=O)NCCCO)cc1. The normalized spacial score (nSPS) is 10.1. The minimum absolute atomic E-state index is 0.0508. The van der Waals surface area contributed by atoms with E-state index in [2.05, 4.69) is 21.3 Å². The molecule has 0 atom stereocenters. The lowest BCUT2D eigenvalue weighted by atomic mass is 10.1. The van der Waals surface area contributed by atoms with Gasteiger partial charge in [0.05, 0.1) is 0 Å². The van der Waals surface area contributed by atoms with E-state index in [4.69, 9.17) is 10.2 Å². The van der Waals surface area contributed by atoms with Crippen molar-refractivity contribution in [2.24, 2.45) is 0 Å². The van der Waals surface area contributed by atoms with Gasteiger partial charge in [-0.1, -0.05) is 24.3 Å². The molecule has 0 heterocycles. The quantitative estimate of drug-likeness (QED) is 0.337. The van der Waals surface area contributed by atoms with Gasteiger partial charge in [-0.25, -0.2) is 9.59 Å². The van der Waals surface area contributed by atoms with Gasteiger partial charge in [-0.15, -0.1) is 0 Å². The van der Waals surface area contributed by atoms with Crippen LogP contribution in [0.4, 0.5) is 9.59 Å². The molecule has 4 amide bonds. The Bertz CT molecular complexity index is 448. The summed E-state index contributed by atoms with van der Waals surface area (Å²) in [5.41, 5.74) is 1.90. The molecule has 8 nitrogen and oxygen atoms in total. The third kappa shape index (κ3) is 8.96. The van der Waals surface area contributed by atoms with E-state index in [9.17, 15) is 9.59 Å². The van der Waals surface area contributed by atoms with Gasteiger partial charge >= 0.3 is 12.1 Å². The largest absolute Gasteiger partial charge is 0.396 e. The average Bonchev–Trinajstić information content (AvgIpc) is 2.59. The van der Waals surface area contributed by atoms with Crippen molar-refractivity contribution in [3.8, 4) is 0 Å². The third-order valence-corrected chi connectivity index (χ3v) is 3.17. The van der Waals surface area contributed by atoms with Crippen molar-refractivity contribution in [2.45, 2.75) is 25.9 Å². The number of aliphatic hydroxyl groups excluding tert-OH is 2. The smallest absolute Gasteiger partial charge is 0.315 e. The van der Waals surface area contributed by atoms with Gasteiger partial charge in [0.15, 0.2) is 0 Å². The Morgan fingerprint density at radius 3 is 1.42 bits per heavy atom. The Labute approximate surface area is 141 Å². The summed E-state index contributed by atoms with van der Waals surface area (Å²) in [6.07, 6.45) is 1.06.